The van der Waals surface area contributed by atoms with Crippen LogP contribution in [0.25, 0.3) is 0 Å². The van der Waals surface area contributed by atoms with Gasteiger partial charge in [0.25, 0.3) is 0 Å². The molecule has 0 aromatic heterocycles. The van der Waals surface area contributed by atoms with Crippen LogP contribution >= 0.6 is 0 Å². The van der Waals surface area contributed by atoms with Gasteiger partial charge in [-0.2, -0.15) is 0 Å². The average Bonchev–Trinajstić information content (AvgIpc) is 1.59. The molecule has 0 amide bonds. The Morgan fingerprint density at radius 3 is 0.800 bits per heavy atom. The van der Waals surface area contributed by atoms with Crippen molar-refractivity contribution >= 4 is 20.6 Å². The molecular weight excluding hydrogens is 233 g/mol. The van der Waals surface area contributed by atoms with Crippen molar-refractivity contribution in [2.75, 3.05) is 42.3 Å². The molecule has 4 heteroatoms. The van der Waals surface area contributed by atoms with Gasteiger partial charge in [-0.05, 0) is 0 Å². The maximum absolute atomic E-state index is 2.36. The first-order chi connectivity index (χ1) is 4.46. The van der Waals surface area contributed by atoms with Crippen LogP contribution in [0, 0.1) is 0 Å². The molecular formula is C6H18N3Sn-. The fraction of sp³-hybridized carbons (Fsp3) is 1.00. The Balaban J connectivity index is 3.98. The molecule has 0 unspecified atom stereocenters. The third-order valence-electron chi connectivity index (χ3n) is 1.20. The Labute approximate surface area is 72.4 Å². The first kappa shape index (κ1) is 10.7. The minimum atomic E-state index is -1.51. The summed E-state index contributed by atoms with van der Waals surface area (Å²) in [6.45, 7) is 0. The number of hydrogen-bond acceptors (Lipinski definition) is 3. The Kier molecular flexibility index (Phi) is 4.84. The second-order valence-electron chi connectivity index (χ2n) is 2.98. The fourth-order valence-electron chi connectivity index (χ4n) is 1.20. The summed E-state index contributed by atoms with van der Waals surface area (Å²) >= 11 is -1.51. The van der Waals surface area contributed by atoms with Crippen molar-refractivity contribution in [3.63, 3.8) is 0 Å². The molecule has 0 aromatic carbocycles. The van der Waals surface area contributed by atoms with Crippen molar-refractivity contribution in [1.29, 1.82) is 0 Å². The molecule has 0 aliphatic rings. The zero-order chi connectivity index (χ0) is 8.31. The average molecular weight is 251 g/mol. The van der Waals surface area contributed by atoms with E-state index in [2.05, 4.69) is 51.7 Å². The number of hydrogen-bond donors (Lipinski definition) is 0. The van der Waals surface area contributed by atoms with Crippen molar-refractivity contribution in [3.8, 4) is 0 Å². The van der Waals surface area contributed by atoms with Crippen LogP contribution in [0.15, 0.2) is 0 Å². The maximum atomic E-state index is 2.36. The van der Waals surface area contributed by atoms with Gasteiger partial charge in [0, 0.05) is 0 Å². The summed E-state index contributed by atoms with van der Waals surface area (Å²) in [5.74, 6) is 0. The van der Waals surface area contributed by atoms with Crippen LogP contribution in [-0.4, -0.2) is 72.2 Å². The van der Waals surface area contributed by atoms with E-state index in [1.54, 1.807) is 0 Å². The molecule has 0 fully saturated rings. The Bertz CT molecular complexity index is 74.0. The van der Waals surface area contributed by atoms with Crippen molar-refractivity contribution < 1.29 is 0 Å². The van der Waals surface area contributed by atoms with Gasteiger partial charge in [0.15, 0.2) is 0 Å². The van der Waals surface area contributed by atoms with Crippen LogP contribution in [0.2, 0.25) is 0 Å². The summed E-state index contributed by atoms with van der Waals surface area (Å²) in [6.07, 6.45) is 0. The van der Waals surface area contributed by atoms with Crippen molar-refractivity contribution in [3.05, 3.63) is 0 Å². The topological polar surface area (TPSA) is 9.72 Å². The SMILES string of the molecule is C[N](C)[Sn-]([N](C)C)[N](C)C. The molecule has 0 bridgehead atoms. The Morgan fingerprint density at radius 1 is 0.600 bits per heavy atom. The van der Waals surface area contributed by atoms with Crippen LogP contribution in [-0.2, 0) is 0 Å². The summed E-state index contributed by atoms with van der Waals surface area (Å²) < 4.78 is 7.09. The third-order valence-corrected chi connectivity index (χ3v) is 8.05. The van der Waals surface area contributed by atoms with E-state index in [9.17, 15) is 0 Å². The van der Waals surface area contributed by atoms with E-state index in [1.807, 2.05) is 0 Å². The Morgan fingerprint density at radius 2 is 0.800 bits per heavy atom. The second kappa shape index (κ2) is 4.53. The van der Waals surface area contributed by atoms with Gasteiger partial charge in [-0.3, -0.25) is 0 Å². The molecule has 0 heterocycles. The van der Waals surface area contributed by atoms with Gasteiger partial charge in [-0.1, -0.05) is 0 Å². The van der Waals surface area contributed by atoms with E-state index < -0.39 is 20.6 Å². The van der Waals surface area contributed by atoms with E-state index >= 15 is 0 Å². The molecule has 0 rings (SSSR count). The van der Waals surface area contributed by atoms with Gasteiger partial charge in [-0.25, -0.2) is 0 Å². The van der Waals surface area contributed by atoms with E-state index in [4.69, 9.17) is 0 Å². The molecule has 0 aromatic rings. The molecule has 10 heavy (non-hydrogen) atoms. The summed E-state index contributed by atoms with van der Waals surface area (Å²) in [5, 5.41) is 0. The van der Waals surface area contributed by atoms with Gasteiger partial charge in [0.05, 0.1) is 0 Å². The first-order valence-corrected chi connectivity index (χ1v) is 7.18. The van der Waals surface area contributed by atoms with Crippen LogP contribution in [0.3, 0.4) is 0 Å². The number of nitrogens with zero attached hydrogens (tertiary/aromatic N) is 3. The molecule has 62 valence electrons. The van der Waals surface area contributed by atoms with E-state index in [0.717, 1.165) is 0 Å². The van der Waals surface area contributed by atoms with E-state index in [1.165, 1.54) is 0 Å². The molecule has 0 saturated heterocycles. The molecule has 0 atom stereocenters. The molecule has 0 spiro atoms. The fourth-order valence-corrected chi connectivity index (χ4v) is 8.05. The number of rotatable bonds is 3. The molecule has 0 saturated carbocycles. The molecule has 0 N–H and O–H groups in total. The Hall–Kier alpha value is 0.679. The third kappa shape index (κ3) is 3.18. The van der Waals surface area contributed by atoms with Gasteiger partial charge in [-0.15, -0.1) is 0 Å². The predicted octanol–water partition coefficient (Wildman–Crippen LogP) is -0.344. The predicted molar refractivity (Wildman–Crippen MR) is 46.8 cm³/mol. The van der Waals surface area contributed by atoms with Crippen molar-refractivity contribution in [2.24, 2.45) is 0 Å². The first-order valence-electron chi connectivity index (χ1n) is 3.35. The summed E-state index contributed by atoms with van der Waals surface area (Å²) in [6, 6.07) is 0. The van der Waals surface area contributed by atoms with Crippen LogP contribution in [0.4, 0.5) is 0 Å². The van der Waals surface area contributed by atoms with Crippen LogP contribution in [0.1, 0.15) is 0 Å². The molecule has 0 aliphatic carbocycles. The van der Waals surface area contributed by atoms with Gasteiger partial charge >= 0.3 is 72.2 Å². The summed E-state index contributed by atoms with van der Waals surface area (Å²) in [5.41, 5.74) is 0. The van der Waals surface area contributed by atoms with Gasteiger partial charge in [0.1, 0.15) is 0 Å². The summed E-state index contributed by atoms with van der Waals surface area (Å²) in [4.78, 5) is 0. The standard InChI is InChI=1S/3C2H6N.Sn/c3*1-3-2;/h3*1-2H3;/q3*-1;+2. The monoisotopic (exact) mass is 252 g/mol. The zero-order valence-corrected chi connectivity index (χ0v) is 10.7. The van der Waals surface area contributed by atoms with E-state index in [0.29, 0.717) is 0 Å². The molecule has 0 radical (unpaired) electrons. The van der Waals surface area contributed by atoms with Crippen molar-refractivity contribution in [1.82, 2.24) is 9.36 Å². The molecule has 3 nitrogen and oxygen atoms in total. The normalized spacial score (nSPS) is 12.6. The minimum absolute atomic E-state index is 1.51. The van der Waals surface area contributed by atoms with Crippen LogP contribution < -0.4 is 0 Å². The van der Waals surface area contributed by atoms with Gasteiger partial charge < -0.3 is 0 Å². The second-order valence-corrected chi connectivity index (χ2v) is 12.4. The van der Waals surface area contributed by atoms with E-state index in [-0.39, 0.29) is 0 Å². The zero-order valence-electron chi connectivity index (χ0n) is 7.84. The molecule has 0 aliphatic heterocycles. The summed E-state index contributed by atoms with van der Waals surface area (Å²) in [7, 11) is 13.0. The van der Waals surface area contributed by atoms with Crippen molar-refractivity contribution in [2.45, 2.75) is 0 Å². The quantitative estimate of drug-likeness (QED) is 0.635. The van der Waals surface area contributed by atoms with Crippen LogP contribution in [0.5, 0.6) is 0 Å². The van der Waals surface area contributed by atoms with Gasteiger partial charge in [0.2, 0.25) is 0 Å².